The highest BCUT2D eigenvalue weighted by molar-refractivity contribution is 7.22. The SMILES string of the molecule is Nc1ccnc2cc(-c3ccc(CN4CCNCC4)cc3)sc12.Oc1ccccc1. The van der Waals surface area contributed by atoms with E-state index in [0.29, 0.717) is 5.75 Å². The number of phenols is 1. The quantitative estimate of drug-likeness (QED) is 0.461. The fourth-order valence-electron chi connectivity index (χ4n) is 3.43. The number of nitrogens with zero attached hydrogens (tertiary/aromatic N) is 2. The van der Waals surface area contributed by atoms with Gasteiger partial charge in [0, 0.05) is 43.8 Å². The summed E-state index contributed by atoms with van der Waals surface area (Å²) < 4.78 is 1.08. The van der Waals surface area contributed by atoms with E-state index in [0.717, 1.165) is 48.6 Å². The number of hydrogen-bond donors (Lipinski definition) is 3. The van der Waals surface area contributed by atoms with Crippen LogP contribution in [0.1, 0.15) is 5.56 Å². The molecule has 5 rings (SSSR count). The van der Waals surface area contributed by atoms with Gasteiger partial charge in [0.1, 0.15) is 5.75 Å². The first-order chi connectivity index (χ1) is 14.7. The molecule has 0 amide bonds. The van der Waals surface area contributed by atoms with Crippen molar-refractivity contribution in [3.05, 3.63) is 78.5 Å². The van der Waals surface area contributed by atoms with Crippen molar-refractivity contribution in [2.75, 3.05) is 31.9 Å². The molecule has 30 heavy (non-hydrogen) atoms. The second kappa shape index (κ2) is 9.71. The Hall–Kier alpha value is -2.93. The molecule has 5 nitrogen and oxygen atoms in total. The van der Waals surface area contributed by atoms with Crippen LogP contribution in [0.5, 0.6) is 5.75 Å². The molecular weight excluding hydrogens is 392 g/mol. The number of benzene rings is 2. The van der Waals surface area contributed by atoms with Gasteiger partial charge >= 0.3 is 0 Å². The summed E-state index contributed by atoms with van der Waals surface area (Å²) in [5.74, 6) is 0.322. The minimum absolute atomic E-state index is 0.322. The van der Waals surface area contributed by atoms with E-state index in [1.807, 2.05) is 12.1 Å². The number of nitrogens with one attached hydrogen (secondary N) is 1. The Kier molecular flexibility index (Phi) is 6.59. The van der Waals surface area contributed by atoms with Gasteiger partial charge in [0.15, 0.2) is 0 Å². The van der Waals surface area contributed by atoms with E-state index in [2.05, 4.69) is 45.5 Å². The zero-order chi connectivity index (χ0) is 20.8. The summed E-state index contributed by atoms with van der Waals surface area (Å²) in [5.41, 5.74) is 10.4. The van der Waals surface area contributed by atoms with Gasteiger partial charge in [-0.3, -0.25) is 9.88 Å². The average Bonchev–Trinajstić information content (AvgIpc) is 3.22. The lowest BCUT2D eigenvalue weighted by molar-refractivity contribution is 0.233. The summed E-state index contributed by atoms with van der Waals surface area (Å²) in [5, 5.41) is 12.0. The molecule has 0 radical (unpaired) electrons. The van der Waals surface area contributed by atoms with E-state index in [9.17, 15) is 0 Å². The van der Waals surface area contributed by atoms with Crippen molar-refractivity contribution in [2.24, 2.45) is 0 Å². The molecular formula is C24H26N4OS. The van der Waals surface area contributed by atoms with E-state index in [-0.39, 0.29) is 0 Å². The standard InChI is InChI=1S/C18H20N4S.C6H6O/c19-15-5-6-21-16-11-17(23-18(15)16)14-3-1-13(2-4-14)12-22-9-7-20-8-10-22;7-6-4-2-1-3-5-6/h1-6,11,20H,7-10,12H2,(H2,19,21);1-5,7H. The molecule has 154 valence electrons. The molecule has 4 N–H and O–H groups in total. The highest BCUT2D eigenvalue weighted by Crippen LogP contribution is 2.35. The molecule has 1 fully saturated rings. The number of fused-ring (bicyclic) bond motifs is 1. The summed E-state index contributed by atoms with van der Waals surface area (Å²) in [6, 6.07) is 21.6. The van der Waals surface area contributed by atoms with Crippen LogP contribution in [0, 0.1) is 0 Å². The first-order valence-electron chi connectivity index (χ1n) is 10.1. The van der Waals surface area contributed by atoms with Gasteiger partial charge < -0.3 is 16.2 Å². The maximum absolute atomic E-state index is 8.63. The van der Waals surface area contributed by atoms with Crippen molar-refractivity contribution < 1.29 is 5.11 Å². The van der Waals surface area contributed by atoms with E-state index in [1.54, 1.807) is 41.8 Å². The second-order valence-corrected chi connectivity index (χ2v) is 8.34. The first-order valence-corrected chi connectivity index (χ1v) is 10.9. The summed E-state index contributed by atoms with van der Waals surface area (Å²) >= 11 is 1.71. The predicted octanol–water partition coefficient (Wildman–Crippen LogP) is 4.34. The Morgan fingerprint density at radius 1 is 1.00 bits per heavy atom. The molecule has 0 spiro atoms. The molecule has 2 aromatic carbocycles. The lowest BCUT2D eigenvalue weighted by Gasteiger charge is -2.27. The molecule has 3 heterocycles. The van der Waals surface area contributed by atoms with Gasteiger partial charge in [-0.05, 0) is 35.4 Å². The molecule has 1 aliphatic rings. The zero-order valence-electron chi connectivity index (χ0n) is 16.8. The number of rotatable bonds is 3. The van der Waals surface area contributed by atoms with Crippen LogP contribution >= 0.6 is 11.3 Å². The van der Waals surface area contributed by atoms with E-state index >= 15 is 0 Å². The fourth-order valence-corrected chi connectivity index (χ4v) is 4.48. The molecule has 2 aromatic heterocycles. The van der Waals surface area contributed by atoms with Crippen LogP contribution in [0.2, 0.25) is 0 Å². The molecule has 4 aromatic rings. The van der Waals surface area contributed by atoms with Gasteiger partial charge in [0.05, 0.1) is 15.9 Å². The number of anilines is 1. The number of piperazine rings is 1. The number of thiophene rings is 1. The number of pyridine rings is 1. The number of nitrogen functional groups attached to an aromatic ring is 1. The predicted molar refractivity (Wildman–Crippen MR) is 126 cm³/mol. The second-order valence-electron chi connectivity index (χ2n) is 7.28. The lowest BCUT2D eigenvalue weighted by Crippen LogP contribution is -2.42. The normalized spacial score (nSPS) is 14.3. The van der Waals surface area contributed by atoms with Gasteiger partial charge in [-0.25, -0.2) is 0 Å². The molecule has 6 heteroatoms. The van der Waals surface area contributed by atoms with Crippen LogP contribution in [0.15, 0.2) is 72.9 Å². The third-order valence-electron chi connectivity index (χ3n) is 5.05. The average molecular weight is 419 g/mol. The topological polar surface area (TPSA) is 74.4 Å². The number of nitrogens with two attached hydrogens (primary N) is 1. The Bertz CT molecular complexity index is 1070. The molecule has 0 unspecified atom stereocenters. The van der Waals surface area contributed by atoms with Crippen LogP contribution in [0.3, 0.4) is 0 Å². The molecule has 1 aliphatic heterocycles. The minimum atomic E-state index is 0.322. The highest BCUT2D eigenvalue weighted by Gasteiger charge is 2.11. The van der Waals surface area contributed by atoms with Crippen LogP contribution < -0.4 is 11.1 Å². The lowest BCUT2D eigenvalue weighted by atomic mass is 10.1. The first kappa shape index (κ1) is 20.3. The Morgan fingerprint density at radius 3 is 2.37 bits per heavy atom. The summed E-state index contributed by atoms with van der Waals surface area (Å²) in [6.07, 6.45) is 1.77. The van der Waals surface area contributed by atoms with Crippen molar-refractivity contribution in [3.63, 3.8) is 0 Å². The third-order valence-corrected chi connectivity index (χ3v) is 6.28. The van der Waals surface area contributed by atoms with E-state index < -0.39 is 0 Å². The van der Waals surface area contributed by atoms with Crippen molar-refractivity contribution in [1.29, 1.82) is 0 Å². The number of phenolic OH excluding ortho intramolecular Hbond substituents is 1. The molecule has 0 atom stereocenters. The van der Waals surface area contributed by atoms with Gasteiger partial charge in [-0.15, -0.1) is 11.3 Å². The highest BCUT2D eigenvalue weighted by atomic mass is 32.1. The Balaban J connectivity index is 0.000000265. The van der Waals surface area contributed by atoms with E-state index in [4.69, 9.17) is 10.8 Å². The van der Waals surface area contributed by atoms with Gasteiger partial charge in [-0.1, -0.05) is 42.5 Å². The summed E-state index contributed by atoms with van der Waals surface area (Å²) in [7, 11) is 0. The van der Waals surface area contributed by atoms with Crippen molar-refractivity contribution in [3.8, 4) is 16.2 Å². The summed E-state index contributed by atoms with van der Waals surface area (Å²) in [6.45, 7) is 5.47. The largest absolute Gasteiger partial charge is 0.508 e. The maximum Gasteiger partial charge on any atom is 0.115 e. The van der Waals surface area contributed by atoms with Gasteiger partial charge in [-0.2, -0.15) is 0 Å². The third kappa shape index (κ3) is 5.16. The number of aromatic nitrogens is 1. The van der Waals surface area contributed by atoms with Crippen molar-refractivity contribution in [2.45, 2.75) is 6.54 Å². The molecule has 0 saturated carbocycles. The summed E-state index contributed by atoms with van der Waals surface area (Å²) in [4.78, 5) is 8.12. The smallest absolute Gasteiger partial charge is 0.115 e. The van der Waals surface area contributed by atoms with Crippen LogP contribution in [-0.2, 0) is 6.54 Å². The molecule has 0 bridgehead atoms. The van der Waals surface area contributed by atoms with Crippen molar-refractivity contribution >= 4 is 27.2 Å². The van der Waals surface area contributed by atoms with E-state index in [1.165, 1.54) is 16.0 Å². The minimum Gasteiger partial charge on any atom is -0.508 e. The Morgan fingerprint density at radius 2 is 1.73 bits per heavy atom. The number of para-hydroxylation sites is 1. The number of aromatic hydroxyl groups is 1. The maximum atomic E-state index is 8.63. The van der Waals surface area contributed by atoms with Crippen LogP contribution in [-0.4, -0.2) is 41.2 Å². The number of hydrogen-bond acceptors (Lipinski definition) is 6. The van der Waals surface area contributed by atoms with Crippen LogP contribution in [0.4, 0.5) is 5.69 Å². The van der Waals surface area contributed by atoms with Crippen molar-refractivity contribution in [1.82, 2.24) is 15.2 Å². The van der Waals surface area contributed by atoms with Crippen LogP contribution in [0.25, 0.3) is 20.7 Å². The fraction of sp³-hybridized carbons (Fsp3) is 0.208. The monoisotopic (exact) mass is 418 g/mol. The Labute approximate surface area is 180 Å². The molecule has 0 aliphatic carbocycles. The zero-order valence-corrected chi connectivity index (χ0v) is 17.6. The van der Waals surface area contributed by atoms with Gasteiger partial charge in [0.2, 0.25) is 0 Å². The molecule has 1 saturated heterocycles. The van der Waals surface area contributed by atoms with Gasteiger partial charge in [0.25, 0.3) is 0 Å².